The molecule has 4 nitrogen and oxygen atoms in total. The van der Waals surface area contributed by atoms with Gasteiger partial charge in [0.05, 0.1) is 16.8 Å². The molecule has 0 saturated heterocycles. The van der Waals surface area contributed by atoms with Crippen LogP contribution in [0.25, 0.3) is 10.9 Å². The Kier molecular flexibility index (Phi) is 3.32. The topological polar surface area (TPSA) is 60.7 Å². The SMILES string of the molecule is Oc1[nH]c2c(C(F)(F)F)cccc2c1N=Nc1ccccc1. The summed E-state index contributed by atoms with van der Waals surface area (Å²) in [6, 6.07) is 12.3. The van der Waals surface area contributed by atoms with E-state index in [0.29, 0.717) is 5.69 Å². The van der Waals surface area contributed by atoms with Crippen LogP contribution in [0.2, 0.25) is 0 Å². The minimum Gasteiger partial charge on any atom is -0.493 e. The maximum atomic E-state index is 13.0. The number of aromatic amines is 1. The van der Waals surface area contributed by atoms with E-state index in [-0.39, 0.29) is 16.6 Å². The summed E-state index contributed by atoms with van der Waals surface area (Å²) in [6.45, 7) is 0. The quantitative estimate of drug-likeness (QED) is 0.619. The summed E-state index contributed by atoms with van der Waals surface area (Å²) in [5, 5.41) is 17.8. The summed E-state index contributed by atoms with van der Waals surface area (Å²) in [5.74, 6) is -0.452. The molecular formula is C15H10F3N3O. The molecule has 1 heterocycles. The van der Waals surface area contributed by atoms with Crippen molar-refractivity contribution in [2.24, 2.45) is 10.2 Å². The number of halogens is 3. The van der Waals surface area contributed by atoms with E-state index in [0.717, 1.165) is 6.07 Å². The molecule has 0 fully saturated rings. The van der Waals surface area contributed by atoms with Crippen LogP contribution in [-0.4, -0.2) is 10.1 Å². The third kappa shape index (κ3) is 2.52. The van der Waals surface area contributed by atoms with E-state index in [1.807, 2.05) is 0 Å². The lowest BCUT2D eigenvalue weighted by atomic mass is 10.1. The fraction of sp³-hybridized carbons (Fsp3) is 0.0667. The maximum absolute atomic E-state index is 13.0. The Morgan fingerprint density at radius 1 is 0.909 bits per heavy atom. The van der Waals surface area contributed by atoms with Gasteiger partial charge in [0.25, 0.3) is 0 Å². The first-order valence-corrected chi connectivity index (χ1v) is 6.34. The molecule has 3 rings (SSSR count). The van der Waals surface area contributed by atoms with E-state index in [2.05, 4.69) is 15.2 Å². The number of alkyl halides is 3. The van der Waals surface area contributed by atoms with Crippen LogP contribution in [0.4, 0.5) is 24.5 Å². The zero-order chi connectivity index (χ0) is 15.7. The van der Waals surface area contributed by atoms with Crippen LogP contribution >= 0.6 is 0 Å². The molecule has 0 unspecified atom stereocenters. The lowest BCUT2D eigenvalue weighted by Gasteiger charge is -2.06. The number of para-hydroxylation sites is 1. The third-order valence-corrected chi connectivity index (χ3v) is 3.11. The van der Waals surface area contributed by atoms with Crippen LogP contribution in [-0.2, 0) is 6.18 Å². The Bertz CT molecular complexity index is 838. The van der Waals surface area contributed by atoms with Crippen molar-refractivity contribution < 1.29 is 18.3 Å². The molecule has 2 N–H and O–H groups in total. The van der Waals surface area contributed by atoms with Crippen LogP contribution in [0.3, 0.4) is 0 Å². The van der Waals surface area contributed by atoms with Crippen molar-refractivity contribution in [2.75, 3.05) is 0 Å². The van der Waals surface area contributed by atoms with E-state index in [1.165, 1.54) is 12.1 Å². The predicted octanol–water partition coefficient (Wildman–Crippen LogP) is 5.31. The summed E-state index contributed by atoms with van der Waals surface area (Å²) < 4.78 is 38.9. The summed E-state index contributed by atoms with van der Waals surface area (Å²) >= 11 is 0. The number of azo groups is 1. The van der Waals surface area contributed by atoms with Gasteiger partial charge < -0.3 is 10.1 Å². The molecule has 3 aromatic rings. The first-order valence-electron chi connectivity index (χ1n) is 6.34. The molecule has 0 saturated carbocycles. The number of benzene rings is 2. The molecule has 0 aliphatic heterocycles. The Morgan fingerprint density at radius 3 is 2.32 bits per heavy atom. The van der Waals surface area contributed by atoms with Crippen molar-refractivity contribution in [3.05, 3.63) is 54.1 Å². The number of nitrogens with zero attached hydrogens (tertiary/aromatic N) is 2. The molecule has 2 aromatic carbocycles. The monoisotopic (exact) mass is 305 g/mol. The second kappa shape index (κ2) is 5.18. The molecule has 0 radical (unpaired) electrons. The van der Waals surface area contributed by atoms with E-state index >= 15 is 0 Å². The van der Waals surface area contributed by atoms with Gasteiger partial charge in [0, 0.05) is 5.39 Å². The molecule has 1 aromatic heterocycles. The van der Waals surface area contributed by atoms with Crippen LogP contribution in [0, 0.1) is 0 Å². The first-order chi connectivity index (χ1) is 10.5. The molecular weight excluding hydrogens is 295 g/mol. The Morgan fingerprint density at radius 2 is 1.64 bits per heavy atom. The van der Waals surface area contributed by atoms with Crippen molar-refractivity contribution in [1.82, 2.24) is 4.98 Å². The normalized spacial score (nSPS) is 12.3. The molecule has 22 heavy (non-hydrogen) atoms. The highest BCUT2D eigenvalue weighted by molar-refractivity contribution is 5.96. The van der Waals surface area contributed by atoms with Crippen LogP contribution in [0.5, 0.6) is 5.88 Å². The third-order valence-electron chi connectivity index (χ3n) is 3.11. The average molecular weight is 305 g/mol. The van der Waals surface area contributed by atoms with Crippen molar-refractivity contribution in [3.63, 3.8) is 0 Å². The zero-order valence-electron chi connectivity index (χ0n) is 11.1. The fourth-order valence-electron chi connectivity index (χ4n) is 2.13. The van der Waals surface area contributed by atoms with Crippen molar-refractivity contribution in [3.8, 4) is 5.88 Å². The Balaban J connectivity index is 2.12. The molecule has 0 spiro atoms. The summed E-state index contributed by atoms with van der Waals surface area (Å²) in [6.07, 6.45) is -4.52. The van der Waals surface area contributed by atoms with E-state index in [1.54, 1.807) is 30.3 Å². The number of aromatic nitrogens is 1. The van der Waals surface area contributed by atoms with Gasteiger partial charge in [0.1, 0.15) is 0 Å². The van der Waals surface area contributed by atoms with Gasteiger partial charge in [-0.15, -0.1) is 5.11 Å². The highest BCUT2D eigenvalue weighted by Crippen LogP contribution is 2.41. The molecule has 0 bridgehead atoms. The van der Waals surface area contributed by atoms with E-state index in [9.17, 15) is 18.3 Å². The van der Waals surface area contributed by atoms with Gasteiger partial charge in [-0.3, -0.25) is 0 Å². The highest BCUT2D eigenvalue weighted by atomic mass is 19.4. The fourth-order valence-corrected chi connectivity index (χ4v) is 2.13. The van der Waals surface area contributed by atoms with Gasteiger partial charge >= 0.3 is 6.18 Å². The zero-order valence-corrected chi connectivity index (χ0v) is 11.1. The van der Waals surface area contributed by atoms with Crippen LogP contribution < -0.4 is 0 Å². The van der Waals surface area contributed by atoms with Crippen molar-refractivity contribution in [1.29, 1.82) is 0 Å². The van der Waals surface area contributed by atoms with Crippen molar-refractivity contribution in [2.45, 2.75) is 6.18 Å². The number of fused-ring (bicyclic) bond motifs is 1. The predicted molar refractivity (Wildman–Crippen MR) is 75.6 cm³/mol. The summed E-state index contributed by atoms with van der Waals surface area (Å²) in [4.78, 5) is 2.32. The molecule has 0 aliphatic carbocycles. The van der Waals surface area contributed by atoms with Gasteiger partial charge in [0.2, 0.25) is 5.88 Å². The van der Waals surface area contributed by atoms with E-state index < -0.39 is 17.6 Å². The smallest absolute Gasteiger partial charge is 0.418 e. The Labute approximate surface area is 122 Å². The lowest BCUT2D eigenvalue weighted by Crippen LogP contribution is -2.05. The van der Waals surface area contributed by atoms with Crippen molar-refractivity contribution >= 4 is 22.3 Å². The van der Waals surface area contributed by atoms with Gasteiger partial charge in [-0.2, -0.15) is 18.3 Å². The number of aromatic hydroxyl groups is 1. The van der Waals surface area contributed by atoms with Crippen LogP contribution in [0.1, 0.15) is 5.56 Å². The first kappa shape index (κ1) is 14.1. The second-order valence-electron chi connectivity index (χ2n) is 4.58. The average Bonchev–Trinajstić information content (AvgIpc) is 2.80. The minimum absolute atomic E-state index is 0.0232. The molecule has 0 amide bonds. The maximum Gasteiger partial charge on any atom is 0.418 e. The molecule has 112 valence electrons. The van der Waals surface area contributed by atoms with Gasteiger partial charge in [-0.05, 0) is 18.2 Å². The van der Waals surface area contributed by atoms with E-state index in [4.69, 9.17) is 0 Å². The van der Waals surface area contributed by atoms with Gasteiger partial charge in [-0.25, -0.2) is 0 Å². The molecule has 0 atom stereocenters. The number of H-pyrrole nitrogens is 1. The van der Waals surface area contributed by atoms with Gasteiger partial charge in [0.15, 0.2) is 5.69 Å². The Hall–Kier alpha value is -2.83. The highest BCUT2D eigenvalue weighted by Gasteiger charge is 2.34. The molecule has 7 heteroatoms. The number of hydrogen-bond donors (Lipinski definition) is 2. The molecule has 0 aliphatic rings. The summed E-state index contributed by atoms with van der Waals surface area (Å²) in [5.41, 5.74) is -0.566. The van der Waals surface area contributed by atoms with Crippen LogP contribution in [0.15, 0.2) is 58.8 Å². The number of nitrogens with one attached hydrogen (secondary N) is 1. The number of hydrogen-bond acceptors (Lipinski definition) is 3. The van der Waals surface area contributed by atoms with Gasteiger partial charge in [-0.1, -0.05) is 30.3 Å². The second-order valence-corrected chi connectivity index (χ2v) is 4.58. The lowest BCUT2D eigenvalue weighted by molar-refractivity contribution is -0.136. The minimum atomic E-state index is -4.52. The number of rotatable bonds is 2. The largest absolute Gasteiger partial charge is 0.493 e. The summed E-state index contributed by atoms with van der Waals surface area (Å²) in [7, 11) is 0. The standard InChI is InChI=1S/C15H10F3N3O/c16-15(17,18)11-8-4-7-10-12(11)19-14(22)13(10)21-20-9-5-2-1-3-6-9/h1-8,19,22H.